The molecule has 2 heterocycles. The first-order chi connectivity index (χ1) is 8.26. The lowest BCUT2D eigenvalue weighted by Crippen LogP contribution is -2.60. The molecule has 1 aromatic rings. The predicted octanol–water partition coefficient (Wildman–Crippen LogP) is 2.77. The van der Waals surface area contributed by atoms with Gasteiger partial charge in [0.2, 0.25) is 5.88 Å². The summed E-state index contributed by atoms with van der Waals surface area (Å²) in [4.78, 5) is 0. The Labute approximate surface area is 122 Å². The highest BCUT2D eigenvalue weighted by Crippen LogP contribution is 2.30. The van der Waals surface area contributed by atoms with E-state index in [1.165, 1.54) is 0 Å². The molecule has 4 nitrogen and oxygen atoms in total. The summed E-state index contributed by atoms with van der Waals surface area (Å²) in [5.41, 5.74) is 0.173. The maximum atomic E-state index is 5.96. The quantitative estimate of drug-likeness (QED) is 0.823. The maximum Gasteiger partial charge on any atom is 0.233 e. The number of piperidine rings is 1. The molecular weight excluding hydrogens is 341 g/mol. The molecule has 0 aliphatic carbocycles. The van der Waals surface area contributed by atoms with Crippen molar-refractivity contribution in [3.63, 3.8) is 0 Å². The number of halogens is 1. The van der Waals surface area contributed by atoms with Crippen LogP contribution in [0.25, 0.3) is 0 Å². The van der Waals surface area contributed by atoms with E-state index < -0.39 is 0 Å². The second-order valence-electron chi connectivity index (χ2n) is 6.24. The van der Waals surface area contributed by atoms with Gasteiger partial charge in [0.25, 0.3) is 0 Å². The van der Waals surface area contributed by atoms with Crippen LogP contribution >= 0.6 is 22.6 Å². The summed E-state index contributed by atoms with van der Waals surface area (Å²) in [6, 6.07) is 3.80. The molecule has 0 spiro atoms. The van der Waals surface area contributed by atoms with Gasteiger partial charge in [-0.25, -0.2) is 0 Å². The number of nitrogens with one attached hydrogen (secondary N) is 1. The van der Waals surface area contributed by atoms with E-state index in [9.17, 15) is 0 Å². The molecule has 0 radical (unpaired) electrons. The van der Waals surface area contributed by atoms with Crippen LogP contribution in [0.15, 0.2) is 12.1 Å². The highest BCUT2D eigenvalue weighted by Gasteiger charge is 2.38. The van der Waals surface area contributed by atoms with Crippen molar-refractivity contribution in [2.45, 2.75) is 57.7 Å². The zero-order valence-electron chi connectivity index (χ0n) is 11.3. The van der Waals surface area contributed by atoms with Crippen LogP contribution in [0.5, 0.6) is 5.88 Å². The lowest BCUT2D eigenvalue weighted by molar-refractivity contribution is 0.0523. The van der Waals surface area contributed by atoms with Crippen LogP contribution in [0, 0.1) is 3.70 Å². The fraction of sp³-hybridized carbons (Fsp3) is 0.692. The molecule has 1 N–H and O–H groups in total. The molecule has 0 aromatic carbocycles. The van der Waals surface area contributed by atoms with E-state index in [1.54, 1.807) is 0 Å². The number of hydrogen-bond donors (Lipinski definition) is 1. The minimum absolute atomic E-state index is 0.0864. The van der Waals surface area contributed by atoms with Crippen LogP contribution in [0.2, 0.25) is 0 Å². The lowest BCUT2D eigenvalue weighted by atomic mass is 9.81. The number of rotatable bonds is 2. The Kier molecular flexibility index (Phi) is 3.82. The molecule has 0 atom stereocenters. The largest absolute Gasteiger partial charge is 0.473 e. The third-order valence-corrected chi connectivity index (χ3v) is 3.62. The van der Waals surface area contributed by atoms with Gasteiger partial charge in [-0.05, 0) is 56.4 Å². The van der Waals surface area contributed by atoms with Crippen molar-refractivity contribution < 1.29 is 4.74 Å². The van der Waals surface area contributed by atoms with Crippen molar-refractivity contribution in [1.82, 2.24) is 15.5 Å². The molecule has 18 heavy (non-hydrogen) atoms. The first-order valence-corrected chi connectivity index (χ1v) is 7.29. The topological polar surface area (TPSA) is 47.0 Å². The third-order valence-electron chi connectivity index (χ3n) is 3.05. The Morgan fingerprint density at radius 1 is 1.17 bits per heavy atom. The summed E-state index contributed by atoms with van der Waals surface area (Å²) in [7, 11) is 0. The van der Waals surface area contributed by atoms with Crippen LogP contribution < -0.4 is 10.1 Å². The van der Waals surface area contributed by atoms with Gasteiger partial charge in [0.15, 0.2) is 0 Å². The maximum absolute atomic E-state index is 5.96. The fourth-order valence-electron chi connectivity index (χ4n) is 2.85. The van der Waals surface area contributed by atoms with Gasteiger partial charge in [-0.3, -0.25) is 0 Å². The van der Waals surface area contributed by atoms with Crippen LogP contribution in [0.3, 0.4) is 0 Å². The minimum atomic E-state index is 0.0864. The van der Waals surface area contributed by atoms with Crippen LogP contribution in [0.1, 0.15) is 40.5 Å². The fourth-order valence-corrected chi connectivity index (χ4v) is 3.14. The van der Waals surface area contributed by atoms with Gasteiger partial charge in [-0.2, -0.15) is 0 Å². The molecule has 1 fully saturated rings. The molecule has 100 valence electrons. The average Bonchev–Trinajstić information content (AvgIpc) is 2.16. The highest BCUT2D eigenvalue weighted by molar-refractivity contribution is 14.1. The molecular formula is C13H20IN3O. The first kappa shape index (κ1) is 14.0. The smallest absolute Gasteiger partial charge is 0.233 e. The SMILES string of the molecule is CC1(C)CC(Oc2ccc(I)nn2)CC(C)(C)N1. The number of hydrogen-bond acceptors (Lipinski definition) is 4. The first-order valence-electron chi connectivity index (χ1n) is 6.21. The Balaban J connectivity index is 2.07. The molecule has 0 amide bonds. The minimum Gasteiger partial charge on any atom is -0.473 e. The summed E-state index contributed by atoms with van der Waals surface area (Å²) in [5, 5.41) is 11.7. The van der Waals surface area contributed by atoms with Gasteiger partial charge in [-0.15, -0.1) is 10.2 Å². The van der Waals surface area contributed by atoms with E-state index in [0.717, 1.165) is 16.5 Å². The zero-order valence-corrected chi connectivity index (χ0v) is 13.5. The van der Waals surface area contributed by atoms with Gasteiger partial charge in [-0.1, -0.05) is 0 Å². The van der Waals surface area contributed by atoms with Crippen LogP contribution in [0.4, 0.5) is 0 Å². The second kappa shape index (κ2) is 4.92. The summed E-state index contributed by atoms with van der Waals surface area (Å²) in [5.74, 6) is 0.619. The van der Waals surface area contributed by atoms with Crippen molar-refractivity contribution in [2.24, 2.45) is 0 Å². The Bertz CT molecular complexity index is 401. The summed E-state index contributed by atoms with van der Waals surface area (Å²) >= 11 is 2.14. The molecule has 5 heteroatoms. The van der Waals surface area contributed by atoms with Crippen molar-refractivity contribution >= 4 is 22.6 Å². The summed E-state index contributed by atoms with van der Waals surface area (Å²) in [6.07, 6.45) is 2.14. The van der Waals surface area contributed by atoms with E-state index >= 15 is 0 Å². The van der Waals surface area contributed by atoms with Gasteiger partial charge in [0, 0.05) is 30.0 Å². The Morgan fingerprint density at radius 2 is 1.78 bits per heavy atom. The Morgan fingerprint density at radius 3 is 2.28 bits per heavy atom. The monoisotopic (exact) mass is 361 g/mol. The molecule has 1 saturated heterocycles. The van der Waals surface area contributed by atoms with Crippen molar-refractivity contribution in [3.8, 4) is 5.88 Å². The molecule has 1 aromatic heterocycles. The third kappa shape index (κ3) is 3.78. The van der Waals surface area contributed by atoms with Crippen LogP contribution in [-0.4, -0.2) is 27.4 Å². The molecule has 2 rings (SSSR count). The van der Waals surface area contributed by atoms with Gasteiger partial charge < -0.3 is 10.1 Å². The van der Waals surface area contributed by atoms with E-state index in [0.29, 0.717) is 5.88 Å². The van der Waals surface area contributed by atoms with Crippen molar-refractivity contribution in [2.75, 3.05) is 0 Å². The van der Waals surface area contributed by atoms with Gasteiger partial charge >= 0.3 is 0 Å². The van der Waals surface area contributed by atoms with Crippen molar-refractivity contribution in [1.29, 1.82) is 0 Å². The number of ether oxygens (including phenoxy) is 1. The number of aromatic nitrogens is 2. The molecule has 0 bridgehead atoms. The van der Waals surface area contributed by atoms with Crippen LogP contribution in [-0.2, 0) is 0 Å². The molecule has 1 aliphatic heterocycles. The molecule has 0 unspecified atom stereocenters. The number of nitrogens with zero attached hydrogens (tertiary/aromatic N) is 2. The van der Waals surface area contributed by atoms with E-state index in [1.807, 2.05) is 12.1 Å². The molecule has 0 saturated carbocycles. The van der Waals surface area contributed by atoms with Crippen molar-refractivity contribution in [3.05, 3.63) is 15.8 Å². The predicted molar refractivity (Wildman–Crippen MR) is 79.7 cm³/mol. The summed E-state index contributed by atoms with van der Waals surface area (Å²) < 4.78 is 6.85. The normalized spacial score (nSPS) is 22.7. The summed E-state index contributed by atoms with van der Waals surface area (Å²) in [6.45, 7) is 8.85. The zero-order chi connectivity index (χ0) is 13.4. The van der Waals surface area contributed by atoms with Gasteiger partial charge in [0.1, 0.15) is 9.80 Å². The average molecular weight is 361 g/mol. The standard InChI is InChI=1S/C13H20IN3O/c1-12(2)7-9(8-13(3,4)17-12)18-11-6-5-10(14)15-16-11/h5-6,9,17H,7-8H2,1-4H3. The lowest BCUT2D eigenvalue weighted by Gasteiger charge is -2.46. The molecule has 1 aliphatic rings. The van der Waals surface area contributed by atoms with Gasteiger partial charge in [0.05, 0.1) is 0 Å². The Hall–Kier alpha value is -0.430. The highest BCUT2D eigenvalue weighted by atomic mass is 127. The van der Waals surface area contributed by atoms with E-state index in [4.69, 9.17) is 4.74 Å². The van der Waals surface area contributed by atoms with E-state index in [-0.39, 0.29) is 17.2 Å². The van der Waals surface area contributed by atoms with E-state index in [2.05, 4.69) is 65.8 Å². The second-order valence-corrected chi connectivity index (χ2v) is 7.34.